The van der Waals surface area contributed by atoms with E-state index in [0.717, 1.165) is 25.0 Å². The number of nitrogens with zero attached hydrogens (tertiary/aromatic N) is 2. The van der Waals surface area contributed by atoms with Gasteiger partial charge in [0.2, 0.25) is 5.91 Å². The molecule has 1 N–H and O–H groups in total. The summed E-state index contributed by atoms with van der Waals surface area (Å²) in [6.07, 6.45) is -2.62. The molecule has 0 saturated carbocycles. The van der Waals surface area contributed by atoms with E-state index in [1.807, 2.05) is 0 Å². The number of hydrogen-bond acceptors (Lipinski definition) is 3. The summed E-state index contributed by atoms with van der Waals surface area (Å²) in [4.78, 5) is 27.6. The number of benzene rings is 1. The number of rotatable bonds is 3. The van der Waals surface area contributed by atoms with Gasteiger partial charge in [0, 0.05) is 31.1 Å². The second kappa shape index (κ2) is 8.05. The average Bonchev–Trinajstić information content (AvgIpc) is 2.66. The minimum Gasteiger partial charge on any atom is -0.370 e. The van der Waals surface area contributed by atoms with E-state index in [2.05, 4.69) is 5.32 Å². The van der Waals surface area contributed by atoms with E-state index in [1.165, 1.54) is 0 Å². The van der Waals surface area contributed by atoms with Crippen molar-refractivity contribution in [1.82, 2.24) is 15.1 Å². The van der Waals surface area contributed by atoms with Crippen molar-refractivity contribution in [3.8, 4) is 0 Å². The summed E-state index contributed by atoms with van der Waals surface area (Å²) in [5.74, 6) is -0.522. The van der Waals surface area contributed by atoms with Crippen LogP contribution in [-0.2, 0) is 22.3 Å². The zero-order valence-electron chi connectivity index (χ0n) is 16.3. The molecule has 6 nitrogen and oxygen atoms in total. The smallest absolute Gasteiger partial charge is 0.370 e. The first-order chi connectivity index (χ1) is 14.2. The van der Waals surface area contributed by atoms with Crippen molar-refractivity contribution >= 4 is 11.9 Å². The molecule has 0 bridgehead atoms. The van der Waals surface area contributed by atoms with Crippen LogP contribution in [0.1, 0.15) is 30.4 Å². The zero-order chi connectivity index (χ0) is 21.5. The van der Waals surface area contributed by atoms with Crippen LogP contribution in [-0.4, -0.2) is 60.1 Å². The second-order valence-corrected chi connectivity index (χ2v) is 8.13. The Morgan fingerprint density at radius 2 is 1.93 bits per heavy atom. The van der Waals surface area contributed by atoms with Crippen molar-refractivity contribution in [3.63, 3.8) is 0 Å². The van der Waals surface area contributed by atoms with Crippen molar-refractivity contribution in [3.05, 3.63) is 35.1 Å². The molecule has 3 aliphatic heterocycles. The number of alkyl halides is 3. The van der Waals surface area contributed by atoms with Gasteiger partial charge in [-0.3, -0.25) is 4.79 Å². The number of urea groups is 1. The van der Waals surface area contributed by atoms with E-state index in [4.69, 9.17) is 4.74 Å². The van der Waals surface area contributed by atoms with Gasteiger partial charge in [0.05, 0.1) is 31.4 Å². The highest BCUT2D eigenvalue weighted by molar-refractivity contribution is 5.78. The van der Waals surface area contributed by atoms with Crippen molar-refractivity contribution < 1.29 is 31.9 Å². The van der Waals surface area contributed by atoms with Gasteiger partial charge < -0.3 is 19.9 Å². The Kier molecular flexibility index (Phi) is 5.61. The van der Waals surface area contributed by atoms with Gasteiger partial charge in [0.25, 0.3) is 0 Å². The number of ether oxygens (including phenoxy) is 1. The zero-order valence-corrected chi connectivity index (χ0v) is 16.3. The summed E-state index contributed by atoms with van der Waals surface area (Å²) >= 11 is 0. The highest BCUT2D eigenvalue weighted by Gasteiger charge is 2.39. The van der Waals surface area contributed by atoms with E-state index in [9.17, 15) is 27.2 Å². The topological polar surface area (TPSA) is 61.9 Å². The number of halogens is 4. The first kappa shape index (κ1) is 20.9. The number of amides is 3. The van der Waals surface area contributed by atoms with Crippen LogP contribution in [0.3, 0.4) is 0 Å². The molecule has 0 spiro atoms. The van der Waals surface area contributed by atoms with Gasteiger partial charge in [-0.05, 0) is 30.9 Å². The maximum absolute atomic E-state index is 13.9. The van der Waals surface area contributed by atoms with Crippen LogP contribution in [0.5, 0.6) is 0 Å². The fraction of sp³-hybridized carbons (Fsp3) is 0.600. The molecule has 0 radical (unpaired) electrons. The lowest BCUT2D eigenvalue weighted by atomic mass is 9.84. The van der Waals surface area contributed by atoms with Crippen LogP contribution in [0.15, 0.2) is 18.2 Å². The Labute approximate surface area is 171 Å². The number of fused-ring (bicyclic) bond motifs is 1. The highest BCUT2D eigenvalue weighted by Crippen LogP contribution is 2.31. The van der Waals surface area contributed by atoms with E-state index < -0.39 is 17.6 Å². The van der Waals surface area contributed by atoms with E-state index in [1.54, 1.807) is 9.80 Å². The number of hydrogen-bond donors (Lipinski definition) is 1. The van der Waals surface area contributed by atoms with Crippen molar-refractivity contribution in [2.75, 3.05) is 26.2 Å². The highest BCUT2D eigenvalue weighted by atomic mass is 19.4. The standard InChI is InChI=1S/C20H23F4N3O3/c21-16-7-14(20(22,23)24)3-1-13(16)11-30-15-8-27(9-15)19(29)26-6-5-12-2-4-18(28)25-17(12)10-26/h1,3,7,12,15,17H,2,4-6,8-11H2,(H,25,28). The molecule has 3 heterocycles. The van der Waals surface area contributed by atoms with Crippen molar-refractivity contribution in [1.29, 1.82) is 0 Å². The summed E-state index contributed by atoms with van der Waals surface area (Å²) in [7, 11) is 0. The van der Waals surface area contributed by atoms with Gasteiger partial charge in [-0.1, -0.05) is 6.07 Å². The third-order valence-corrected chi connectivity index (χ3v) is 6.09. The predicted octanol–water partition coefficient (Wildman–Crippen LogP) is 2.77. The Morgan fingerprint density at radius 1 is 1.17 bits per heavy atom. The van der Waals surface area contributed by atoms with E-state index in [0.29, 0.717) is 44.6 Å². The number of piperidine rings is 2. The van der Waals surface area contributed by atoms with Gasteiger partial charge >= 0.3 is 12.2 Å². The predicted molar refractivity (Wildman–Crippen MR) is 97.8 cm³/mol. The normalized spacial score (nSPS) is 24.9. The summed E-state index contributed by atoms with van der Waals surface area (Å²) in [6.45, 7) is 1.68. The van der Waals surface area contributed by atoms with Crippen molar-refractivity contribution in [2.24, 2.45) is 5.92 Å². The monoisotopic (exact) mass is 429 g/mol. The van der Waals surface area contributed by atoms with Gasteiger partial charge in [0.1, 0.15) is 5.82 Å². The molecule has 10 heteroatoms. The van der Waals surface area contributed by atoms with Crippen LogP contribution < -0.4 is 5.32 Å². The fourth-order valence-electron chi connectivity index (χ4n) is 4.23. The van der Waals surface area contributed by atoms with Crippen molar-refractivity contribution in [2.45, 2.75) is 44.2 Å². The molecule has 30 heavy (non-hydrogen) atoms. The average molecular weight is 429 g/mol. The third-order valence-electron chi connectivity index (χ3n) is 6.09. The summed E-state index contributed by atoms with van der Waals surface area (Å²) in [5, 5.41) is 2.96. The minimum absolute atomic E-state index is 0.0000753. The molecule has 3 aliphatic rings. The van der Waals surface area contributed by atoms with Gasteiger partial charge in [-0.15, -0.1) is 0 Å². The molecule has 3 amide bonds. The van der Waals surface area contributed by atoms with E-state index >= 15 is 0 Å². The molecular weight excluding hydrogens is 406 g/mol. The lowest BCUT2D eigenvalue weighted by Gasteiger charge is -2.46. The van der Waals surface area contributed by atoms with Crippen LogP contribution in [0.4, 0.5) is 22.4 Å². The molecule has 3 saturated heterocycles. The van der Waals surface area contributed by atoms with Gasteiger partial charge in [-0.2, -0.15) is 13.2 Å². The Bertz CT molecular complexity index is 826. The third kappa shape index (κ3) is 4.38. The molecule has 2 atom stereocenters. The molecule has 2 unspecified atom stereocenters. The van der Waals surface area contributed by atoms with Crippen LogP contribution in [0.25, 0.3) is 0 Å². The van der Waals surface area contributed by atoms with Gasteiger partial charge in [-0.25, -0.2) is 9.18 Å². The quantitative estimate of drug-likeness (QED) is 0.752. The number of likely N-dealkylation sites (tertiary alicyclic amines) is 2. The number of nitrogens with one attached hydrogen (secondary N) is 1. The Morgan fingerprint density at radius 3 is 2.63 bits per heavy atom. The molecule has 0 aliphatic carbocycles. The largest absolute Gasteiger partial charge is 0.416 e. The minimum atomic E-state index is -4.59. The SMILES string of the molecule is O=C1CCC2CCN(C(=O)N3CC(OCc4ccc(C(F)(F)F)cc4F)C3)CC2N1. The van der Waals surface area contributed by atoms with E-state index in [-0.39, 0.29) is 36.3 Å². The maximum Gasteiger partial charge on any atom is 0.416 e. The Hall–Kier alpha value is -2.36. The summed E-state index contributed by atoms with van der Waals surface area (Å²) in [5.41, 5.74) is -0.995. The fourth-order valence-corrected chi connectivity index (χ4v) is 4.23. The number of carbonyl (C=O) groups excluding carboxylic acids is 2. The molecule has 4 rings (SSSR count). The maximum atomic E-state index is 13.9. The molecule has 1 aromatic rings. The first-order valence-electron chi connectivity index (χ1n) is 10.0. The summed E-state index contributed by atoms with van der Waals surface area (Å²) < 4.78 is 57.2. The lowest BCUT2D eigenvalue weighted by Crippen LogP contribution is -2.63. The summed E-state index contributed by atoms with van der Waals surface area (Å²) in [6, 6.07) is 2.24. The van der Waals surface area contributed by atoms with Gasteiger partial charge in [0.15, 0.2) is 0 Å². The molecular formula is C20H23F4N3O3. The first-order valence-corrected chi connectivity index (χ1v) is 10.0. The van der Waals surface area contributed by atoms with Crippen LogP contribution in [0, 0.1) is 11.7 Å². The molecule has 0 aromatic heterocycles. The Balaban J connectivity index is 1.23. The second-order valence-electron chi connectivity index (χ2n) is 8.13. The van der Waals surface area contributed by atoms with Crippen LogP contribution >= 0.6 is 0 Å². The molecule has 3 fully saturated rings. The lowest BCUT2D eigenvalue weighted by molar-refractivity contribution is -0.137. The number of carbonyl (C=O) groups is 2. The molecule has 164 valence electrons. The molecule has 1 aromatic carbocycles. The van der Waals surface area contributed by atoms with Crippen LogP contribution in [0.2, 0.25) is 0 Å².